The Balaban J connectivity index is 1.95. The summed E-state index contributed by atoms with van der Waals surface area (Å²) in [5, 5.41) is 7.63. The van der Waals surface area contributed by atoms with Gasteiger partial charge in [-0.15, -0.1) is 5.10 Å². The van der Waals surface area contributed by atoms with Crippen LogP contribution in [-0.4, -0.2) is 27.8 Å². The zero-order valence-corrected chi connectivity index (χ0v) is 10.7. The normalized spacial score (nSPS) is 10.6. The third-order valence-electron chi connectivity index (χ3n) is 2.03. The van der Waals surface area contributed by atoms with Crippen LogP contribution >= 0.6 is 11.8 Å². The first-order valence-electron chi connectivity index (χ1n) is 5.23. The topological polar surface area (TPSA) is 91.2 Å². The van der Waals surface area contributed by atoms with Gasteiger partial charge >= 0.3 is 11.9 Å². The monoisotopic (exact) mass is 269 g/mol. The minimum Gasteiger partial charge on any atom is -0.459 e. The first-order valence-corrected chi connectivity index (χ1v) is 6.21. The van der Waals surface area contributed by atoms with Crippen molar-refractivity contribution in [1.29, 1.82) is 0 Å². The number of rotatable bonds is 5. The molecule has 18 heavy (non-hydrogen) atoms. The van der Waals surface area contributed by atoms with Gasteiger partial charge in [-0.3, -0.25) is 0 Å². The number of carbonyl (C=O) groups is 1. The lowest BCUT2D eigenvalue weighted by atomic mass is 10.4. The summed E-state index contributed by atoms with van der Waals surface area (Å²) >= 11 is 1.28. The van der Waals surface area contributed by atoms with Crippen molar-refractivity contribution >= 4 is 17.7 Å². The summed E-state index contributed by atoms with van der Waals surface area (Å²) in [7, 11) is 0. The smallest absolute Gasteiger partial charge is 0.396 e. The van der Waals surface area contributed by atoms with Crippen molar-refractivity contribution in [1.82, 2.24) is 15.2 Å². The molecule has 8 heteroatoms. The molecule has 2 aromatic rings. The molecular weight excluding hydrogens is 258 g/mol. The van der Waals surface area contributed by atoms with Crippen molar-refractivity contribution in [3.05, 3.63) is 23.7 Å². The molecule has 0 aliphatic heterocycles. The Morgan fingerprint density at radius 2 is 2.33 bits per heavy atom. The molecule has 0 saturated heterocycles. The molecule has 0 unspecified atom stereocenters. The third kappa shape index (κ3) is 2.89. The van der Waals surface area contributed by atoms with Crippen LogP contribution in [0.3, 0.4) is 0 Å². The van der Waals surface area contributed by atoms with Crippen LogP contribution < -0.4 is 0 Å². The molecular formula is C10H11N3O4S. The Kier molecular flexibility index (Phi) is 3.98. The maximum Gasteiger partial charge on any atom is 0.396 e. The Morgan fingerprint density at radius 1 is 1.50 bits per heavy atom. The van der Waals surface area contributed by atoms with E-state index in [0.717, 1.165) is 11.5 Å². The summed E-state index contributed by atoms with van der Waals surface area (Å²) in [4.78, 5) is 15.3. The fraction of sp³-hybridized carbons (Fsp3) is 0.400. The number of aromatic nitrogens is 3. The molecule has 0 bridgehead atoms. The van der Waals surface area contributed by atoms with Crippen LogP contribution in [0.2, 0.25) is 0 Å². The van der Waals surface area contributed by atoms with Crippen molar-refractivity contribution < 1.29 is 18.4 Å². The second-order valence-corrected chi connectivity index (χ2v) is 4.16. The number of thioether (sulfide) groups is 1. The van der Waals surface area contributed by atoms with E-state index in [1.165, 1.54) is 18.2 Å². The third-order valence-corrected chi connectivity index (χ3v) is 2.86. The quantitative estimate of drug-likeness (QED) is 0.599. The van der Waals surface area contributed by atoms with Gasteiger partial charge in [0.2, 0.25) is 0 Å². The number of aryl methyl sites for hydroxylation is 1. The number of carbonyl (C=O) groups excluding carboxylic acids is 1. The molecule has 0 saturated carbocycles. The highest BCUT2D eigenvalue weighted by atomic mass is 32.2. The average Bonchev–Trinajstić information content (AvgIpc) is 2.96. The lowest BCUT2D eigenvalue weighted by molar-refractivity contribution is 0.0475. The number of esters is 1. The minimum absolute atomic E-state index is 0.142. The molecule has 0 N–H and O–H groups in total. The molecule has 2 heterocycles. The van der Waals surface area contributed by atoms with E-state index in [2.05, 4.69) is 15.2 Å². The summed E-state index contributed by atoms with van der Waals surface area (Å²) in [6, 6.07) is 0. The molecule has 0 spiro atoms. The van der Waals surface area contributed by atoms with Crippen molar-refractivity contribution in [3.63, 3.8) is 0 Å². The van der Waals surface area contributed by atoms with E-state index < -0.39 is 5.97 Å². The van der Waals surface area contributed by atoms with Crippen molar-refractivity contribution in [2.45, 2.75) is 24.8 Å². The largest absolute Gasteiger partial charge is 0.459 e. The van der Waals surface area contributed by atoms with Crippen LogP contribution in [-0.2, 0) is 10.5 Å². The highest BCUT2D eigenvalue weighted by Crippen LogP contribution is 2.22. The van der Waals surface area contributed by atoms with Crippen LogP contribution in [0.4, 0.5) is 0 Å². The first kappa shape index (κ1) is 12.6. The van der Waals surface area contributed by atoms with Crippen LogP contribution in [0.1, 0.15) is 29.1 Å². The molecule has 0 aliphatic rings. The maximum atomic E-state index is 11.3. The summed E-state index contributed by atoms with van der Waals surface area (Å²) in [6.07, 6.45) is 1.38. The van der Waals surface area contributed by atoms with Gasteiger partial charge in [-0.2, -0.15) is 0 Å². The zero-order valence-electron chi connectivity index (χ0n) is 9.87. The van der Waals surface area contributed by atoms with Crippen molar-refractivity contribution in [2.75, 3.05) is 6.61 Å². The van der Waals surface area contributed by atoms with Gasteiger partial charge < -0.3 is 13.6 Å². The standard InChI is InChI=1S/C10H11N3O4S/c1-3-15-9(14)8-12-13-10(17-8)18-4-7-6(2)16-5-11-7/h5H,3-4H2,1-2H3. The van der Waals surface area contributed by atoms with Crippen LogP contribution in [0, 0.1) is 6.92 Å². The van der Waals surface area contributed by atoms with Gasteiger partial charge in [-0.05, 0) is 13.8 Å². The predicted molar refractivity (Wildman–Crippen MR) is 61.1 cm³/mol. The SMILES string of the molecule is CCOC(=O)c1nnc(SCc2ncoc2C)o1. The Bertz CT molecular complexity index is 537. The van der Waals surface area contributed by atoms with Crippen molar-refractivity contribution in [3.8, 4) is 0 Å². The minimum atomic E-state index is -0.616. The highest BCUT2D eigenvalue weighted by Gasteiger charge is 2.16. The van der Waals surface area contributed by atoms with Gasteiger partial charge in [0.25, 0.3) is 5.22 Å². The Labute approximate surface area is 107 Å². The summed E-state index contributed by atoms with van der Waals surface area (Å²) in [5.74, 6) is 0.519. The fourth-order valence-electron chi connectivity index (χ4n) is 1.14. The maximum absolute atomic E-state index is 11.3. The van der Waals surface area contributed by atoms with Gasteiger partial charge in [0.1, 0.15) is 5.76 Å². The molecule has 0 aromatic carbocycles. The lowest BCUT2D eigenvalue weighted by Crippen LogP contribution is -2.04. The highest BCUT2D eigenvalue weighted by molar-refractivity contribution is 7.98. The molecule has 0 aliphatic carbocycles. The van der Waals surface area contributed by atoms with Crippen LogP contribution in [0.15, 0.2) is 20.5 Å². The molecule has 0 fully saturated rings. The van der Waals surface area contributed by atoms with E-state index in [4.69, 9.17) is 13.6 Å². The number of oxazole rings is 1. The molecule has 0 atom stereocenters. The molecule has 0 radical (unpaired) electrons. The number of ether oxygens (including phenoxy) is 1. The van der Waals surface area contributed by atoms with Crippen LogP contribution in [0.5, 0.6) is 0 Å². The van der Waals surface area contributed by atoms with E-state index in [1.807, 2.05) is 6.92 Å². The molecule has 0 amide bonds. The van der Waals surface area contributed by atoms with E-state index in [9.17, 15) is 4.79 Å². The summed E-state index contributed by atoms with van der Waals surface area (Å²) in [6.45, 7) is 3.79. The van der Waals surface area contributed by atoms with Gasteiger partial charge in [0, 0.05) is 5.75 Å². The van der Waals surface area contributed by atoms with Gasteiger partial charge in [0.15, 0.2) is 6.39 Å². The molecule has 96 valence electrons. The van der Waals surface area contributed by atoms with Gasteiger partial charge in [-0.1, -0.05) is 16.9 Å². The second-order valence-electron chi connectivity index (χ2n) is 3.24. The summed E-state index contributed by atoms with van der Waals surface area (Å²) in [5.41, 5.74) is 0.802. The Morgan fingerprint density at radius 3 is 3.00 bits per heavy atom. The van der Waals surface area contributed by atoms with E-state index in [0.29, 0.717) is 11.0 Å². The zero-order chi connectivity index (χ0) is 13.0. The van der Waals surface area contributed by atoms with Crippen LogP contribution in [0.25, 0.3) is 0 Å². The van der Waals surface area contributed by atoms with Crippen molar-refractivity contribution in [2.24, 2.45) is 0 Å². The lowest BCUT2D eigenvalue weighted by Gasteiger charge is -1.95. The molecule has 2 aromatic heterocycles. The molecule has 7 nitrogen and oxygen atoms in total. The average molecular weight is 269 g/mol. The number of hydrogen-bond acceptors (Lipinski definition) is 8. The fourth-order valence-corrected chi connectivity index (χ4v) is 1.91. The van der Waals surface area contributed by atoms with E-state index >= 15 is 0 Å². The Hall–Kier alpha value is -1.83. The van der Waals surface area contributed by atoms with E-state index in [1.54, 1.807) is 6.92 Å². The number of hydrogen-bond donors (Lipinski definition) is 0. The van der Waals surface area contributed by atoms with E-state index in [-0.39, 0.29) is 12.5 Å². The number of nitrogens with zero attached hydrogens (tertiary/aromatic N) is 3. The second kappa shape index (κ2) is 5.67. The molecule has 2 rings (SSSR count). The van der Waals surface area contributed by atoms with Gasteiger partial charge in [-0.25, -0.2) is 9.78 Å². The summed E-state index contributed by atoms with van der Waals surface area (Å²) < 4.78 is 14.9. The first-order chi connectivity index (χ1) is 8.70. The predicted octanol–water partition coefficient (Wildman–Crippen LogP) is 1.84. The van der Waals surface area contributed by atoms with Gasteiger partial charge in [0.05, 0.1) is 12.3 Å².